The van der Waals surface area contributed by atoms with Crippen LogP contribution in [0.4, 0.5) is 0 Å². The number of aromatic nitrogens is 1. The molecule has 0 N–H and O–H groups in total. The van der Waals surface area contributed by atoms with Crippen LogP contribution >= 0.6 is 22.7 Å². The van der Waals surface area contributed by atoms with Gasteiger partial charge in [0.25, 0.3) is 5.91 Å². The van der Waals surface area contributed by atoms with Gasteiger partial charge in [0.2, 0.25) is 0 Å². The van der Waals surface area contributed by atoms with E-state index in [4.69, 9.17) is 0 Å². The van der Waals surface area contributed by atoms with Crippen LogP contribution in [0.25, 0.3) is 0 Å². The predicted molar refractivity (Wildman–Crippen MR) is 69.3 cm³/mol. The topological polar surface area (TPSA) is 33.2 Å². The molecule has 1 fully saturated rings. The summed E-state index contributed by atoms with van der Waals surface area (Å²) in [7, 11) is 0. The molecule has 17 heavy (non-hydrogen) atoms. The average molecular weight is 264 g/mol. The molecule has 1 amide bonds. The Hall–Kier alpha value is -1.20. The van der Waals surface area contributed by atoms with E-state index in [9.17, 15) is 4.79 Å². The highest BCUT2D eigenvalue weighted by atomic mass is 32.1. The van der Waals surface area contributed by atoms with Gasteiger partial charge in [-0.1, -0.05) is 0 Å². The van der Waals surface area contributed by atoms with E-state index in [2.05, 4.69) is 16.4 Å². The number of amides is 1. The minimum absolute atomic E-state index is 0.0694. The molecule has 88 valence electrons. The van der Waals surface area contributed by atoms with E-state index >= 15 is 0 Å². The van der Waals surface area contributed by atoms with E-state index in [1.807, 2.05) is 15.7 Å². The summed E-state index contributed by atoms with van der Waals surface area (Å²) in [5.41, 5.74) is 3.51. The molecule has 1 aliphatic carbocycles. The summed E-state index contributed by atoms with van der Waals surface area (Å²) >= 11 is 3.14. The van der Waals surface area contributed by atoms with Crippen molar-refractivity contribution in [2.45, 2.75) is 25.4 Å². The zero-order valence-corrected chi connectivity index (χ0v) is 10.8. The van der Waals surface area contributed by atoms with Gasteiger partial charge < -0.3 is 4.90 Å². The molecule has 0 radical (unpaired) electrons. The zero-order valence-electron chi connectivity index (χ0n) is 9.20. The molecule has 3 rings (SSSR count). The molecular formula is C12H12N2OS2. The number of hydrogen-bond acceptors (Lipinski definition) is 4. The Labute approximate surface area is 108 Å². The fourth-order valence-corrected chi connectivity index (χ4v) is 2.98. The predicted octanol–water partition coefficient (Wildman–Crippen LogP) is 3.01. The van der Waals surface area contributed by atoms with Crippen molar-refractivity contribution in [2.24, 2.45) is 0 Å². The number of thiazole rings is 1. The van der Waals surface area contributed by atoms with Crippen LogP contribution in [-0.4, -0.2) is 21.8 Å². The van der Waals surface area contributed by atoms with Crippen molar-refractivity contribution in [3.8, 4) is 0 Å². The summed E-state index contributed by atoms with van der Waals surface area (Å²) in [6.45, 7) is 0.713. The van der Waals surface area contributed by atoms with Crippen molar-refractivity contribution in [1.82, 2.24) is 9.88 Å². The molecule has 2 aromatic heterocycles. The zero-order chi connectivity index (χ0) is 11.7. The first-order valence-corrected chi connectivity index (χ1v) is 7.43. The van der Waals surface area contributed by atoms with Crippen molar-refractivity contribution in [1.29, 1.82) is 0 Å². The van der Waals surface area contributed by atoms with Crippen molar-refractivity contribution >= 4 is 28.6 Å². The van der Waals surface area contributed by atoms with Gasteiger partial charge in [-0.15, -0.1) is 11.3 Å². The third-order valence-electron chi connectivity index (χ3n) is 2.83. The molecule has 3 nitrogen and oxygen atoms in total. The highest BCUT2D eigenvalue weighted by Crippen LogP contribution is 2.30. The number of nitrogens with zero attached hydrogens (tertiary/aromatic N) is 2. The van der Waals surface area contributed by atoms with Gasteiger partial charge in [0.15, 0.2) is 0 Å². The van der Waals surface area contributed by atoms with Gasteiger partial charge in [-0.25, -0.2) is 4.98 Å². The molecule has 1 saturated carbocycles. The molecule has 0 unspecified atom stereocenters. The lowest BCUT2D eigenvalue weighted by atomic mass is 10.3. The Balaban J connectivity index is 1.78. The second kappa shape index (κ2) is 4.58. The lowest BCUT2D eigenvalue weighted by Gasteiger charge is -2.20. The smallest absolute Gasteiger partial charge is 0.273 e. The van der Waals surface area contributed by atoms with Gasteiger partial charge in [-0.05, 0) is 35.2 Å². The molecule has 1 aliphatic rings. The van der Waals surface area contributed by atoms with Gasteiger partial charge in [0.05, 0.1) is 5.51 Å². The van der Waals surface area contributed by atoms with E-state index in [0.717, 1.165) is 12.8 Å². The molecule has 5 heteroatoms. The third kappa shape index (κ3) is 2.40. The second-order valence-electron chi connectivity index (χ2n) is 4.17. The average Bonchev–Trinajstić information content (AvgIpc) is 2.86. The summed E-state index contributed by atoms with van der Waals surface area (Å²) in [5, 5.41) is 5.97. The molecular weight excluding hydrogens is 252 g/mol. The Morgan fingerprint density at radius 2 is 2.29 bits per heavy atom. The van der Waals surface area contributed by atoms with Crippen LogP contribution in [0.5, 0.6) is 0 Å². The van der Waals surface area contributed by atoms with Crippen LogP contribution in [0.2, 0.25) is 0 Å². The maximum atomic E-state index is 12.3. The first kappa shape index (κ1) is 10.9. The van der Waals surface area contributed by atoms with E-state index in [0.29, 0.717) is 18.3 Å². The van der Waals surface area contributed by atoms with Crippen LogP contribution in [0.15, 0.2) is 27.7 Å². The molecule has 0 aliphatic heterocycles. The summed E-state index contributed by atoms with van der Waals surface area (Å²) in [6.07, 6.45) is 2.25. The Bertz CT molecular complexity index is 489. The van der Waals surface area contributed by atoms with E-state index in [-0.39, 0.29) is 5.91 Å². The molecule has 0 aromatic carbocycles. The lowest BCUT2D eigenvalue weighted by Crippen LogP contribution is -2.32. The molecule has 0 atom stereocenters. The Kier molecular flexibility index (Phi) is 2.94. The van der Waals surface area contributed by atoms with Gasteiger partial charge in [-0.2, -0.15) is 11.3 Å². The molecule has 0 spiro atoms. The first-order valence-electron chi connectivity index (χ1n) is 5.55. The van der Waals surface area contributed by atoms with Crippen molar-refractivity contribution < 1.29 is 4.79 Å². The number of carbonyl (C=O) groups is 1. The lowest BCUT2D eigenvalue weighted by molar-refractivity contribution is 0.0725. The highest BCUT2D eigenvalue weighted by molar-refractivity contribution is 7.08. The summed E-state index contributed by atoms with van der Waals surface area (Å²) < 4.78 is 0. The third-order valence-corrected chi connectivity index (χ3v) is 4.15. The fourth-order valence-electron chi connectivity index (χ4n) is 1.80. The molecule has 0 saturated heterocycles. The molecule has 2 aromatic rings. The largest absolute Gasteiger partial charge is 0.330 e. The first-order chi connectivity index (χ1) is 8.34. The fraction of sp³-hybridized carbons (Fsp3) is 0.333. The standard InChI is InChI=1S/C12H12N2OS2/c15-12(11-7-17-8-13-11)14(10-1-2-10)5-9-3-4-16-6-9/h3-4,6-8,10H,1-2,5H2. The van der Waals surface area contributed by atoms with Crippen LogP contribution < -0.4 is 0 Å². The summed E-state index contributed by atoms with van der Waals surface area (Å²) in [5.74, 6) is 0.0694. The maximum Gasteiger partial charge on any atom is 0.273 e. The van der Waals surface area contributed by atoms with E-state index in [1.54, 1.807) is 16.8 Å². The normalized spacial score (nSPS) is 14.8. The van der Waals surface area contributed by atoms with Crippen LogP contribution in [0, 0.1) is 0 Å². The van der Waals surface area contributed by atoms with E-state index in [1.165, 1.54) is 16.9 Å². The van der Waals surface area contributed by atoms with Gasteiger partial charge in [0, 0.05) is 18.0 Å². The van der Waals surface area contributed by atoms with Gasteiger partial charge in [0.1, 0.15) is 5.69 Å². The van der Waals surface area contributed by atoms with Crippen LogP contribution in [-0.2, 0) is 6.54 Å². The van der Waals surface area contributed by atoms with Crippen molar-refractivity contribution in [3.05, 3.63) is 39.0 Å². The summed E-state index contributed by atoms with van der Waals surface area (Å²) in [4.78, 5) is 18.3. The second-order valence-corrected chi connectivity index (χ2v) is 5.67. The van der Waals surface area contributed by atoms with Crippen molar-refractivity contribution in [2.75, 3.05) is 0 Å². The minimum Gasteiger partial charge on any atom is -0.330 e. The van der Waals surface area contributed by atoms with E-state index < -0.39 is 0 Å². The molecule has 2 heterocycles. The number of hydrogen-bond donors (Lipinski definition) is 0. The molecule has 0 bridgehead atoms. The minimum atomic E-state index is 0.0694. The quantitative estimate of drug-likeness (QED) is 0.850. The number of thiophene rings is 1. The maximum absolute atomic E-state index is 12.3. The highest BCUT2D eigenvalue weighted by Gasteiger charge is 2.33. The SMILES string of the molecule is O=C(c1cscn1)N(Cc1ccsc1)C1CC1. The number of carbonyl (C=O) groups excluding carboxylic acids is 1. The monoisotopic (exact) mass is 264 g/mol. The Morgan fingerprint density at radius 3 is 2.88 bits per heavy atom. The summed E-state index contributed by atoms with van der Waals surface area (Å²) in [6, 6.07) is 2.50. The van der Waals surface area contributed by atoms with Crippen LogP contribution in [0.3, 0.4) is 0 Å². The number of rotatable bonds is 4. The van der Waals surface area contributed by atoms with Gasteiger partial charge >= 0.3 is 0 Å². The van der Waals surface area contributed by atoms with Crippen LogP contribution in [0.1, 0.15) is 28.9 Å². The van der Waals surface area contributed by atoms with Crippen molar-refractivity contribution in [3.63, 3.8) is 0 Å². The Morgan fingerprint density at radius 1 is 1.41 bits per heavy atom. The van der Waals surface area contributed by atoms with Gasteiger partial charge in [-0.3, -0.25) is 4.79 Å².